The SMILES string of the molecule is N#Cc1cc(F)c(C#N)nc1C#N. The predicted molar refractivity (Wildman–Crippen MR) is 38.3 cm³/mol. The Morgan fingerprint density at radius 3 is 2.15 bits per heavy atom. The Morgan fingerprint density at radius 2 is 1.69 bits per heavy atom. The quantitative estimate of drug-likeness (QED) is 0.580. The van der Waals surface area contributed by atoms with Gasteiger partial charge in [-0.2, -0.15) is 15.8 Å². The highest BCUT2D eigenvalue weighted by Crippen LogP contribution is 2.09. The molecule has 60 valence electrons. The van der Waals surface area contributed by atoms with E-state index in [1.807, 2.05) is 0 Å². The Labute approximate surface area is 73.1 Å². The molecule has 0 fully saturated rings. The number of pyridine rings is 1. The zero-order valence-electron chi connectivity index (χ0n) is 6.24. The van der Waals surface area contributed by atoms with E-state index >= 15 is 0 Å². The van der Waals surface area contributed by atoms with Gasteiger partial charge in [0.15, 0.2) is 17.2 Å². The maximum Gasteiger partial charge on any atom is 0.177 e. The minimum atomic E-state index is -0.891. The first-order valence-electron chi connectivity index (χ1n) is 3.13. The van der Waals surface area contributed by atoms with Crippen molar-refractivity contribution in [2.75, 3.05) is 0 Å². The molecule has 0 atom stereocenters. The molecule has 0 N–H and O–H groups in total. The summed E-state index contributed by atoms with van der Waals surface area (Å²) in [4.78, 5) is 3.36. The Hall–Kier alpha value is -2.45. The molecule has 1 heterocycles. The molecule has 1 aromatic rings. The second kappa shape index (κ2) is 3.30. The van der Waals surface area contributed by atoms with Gasteiger partial charge in [-0.25, -0.2) is 9.37 Å². The molecule has 1 aromatic heterocycles. The Kier molecular flexibility index (Phi) is 2.19. The summed E-state index contributed by atoms with van der Waals surface area (Å²) < 4.78 is 12.8. The van der Waals surface area contributed by atoms with Crippen LogP contribution in [0.25, 0.3) is 0 Å². The fraction of sp³-hybridized carbons (Fsp3) is 0. The van der Waals surface area contributed by atoms with E-state index in [9.17, 15) is 4.39 Å². The van der Waals surface area contributed by atoms with Crippen LogP contribution in [0.3, 0.4) is 0 Å². The number of hydrogen-bond acceptors (Lipinski definition) is 4. The van der Waals surface area contributed by atoms with Crippen LogP contribution in [0.5, 0.6) is 0 Å². The van der Waals surface area contributed by atoms with E-state index in [0.717, 1.165) is 6.07 Å². The molecule has 0 unspecified atom stereocenters. The van der Waals surface area contributed by atoms with Gasteiger partial charge in [0.2, 0.25) is 0 Å². The van der Waals surface area contributed by atoms with Crippen LogP contribution in [0.15, 0.2) is 6.07 Å². The normalized spacial score (nSPS) is 8.15. The summed E-state index contributed by atoms with van der Waals surface area (Å²) in [6.45, 7) is 0. The lowest BCUT2D eigenvalue weighted by Gasteiger charge is -1.94. The Bertz CT molecular complexity index is 473. The highest BCUT2D eigenvalue weighted by atomic mass is 19.1. The smallest absolute Gasteiger partial charge is 0.177 e. The van der Waals surface area contributed by atoms with Crippen molar-refractivity contribution in [3.8, 4) is 18.2 Å². The van der Waals surface area contributed by atoms with Gasteiger partial charge in [-0.15, -0.1) is 0 Å². The molecular weight excluding hydrogens is 171 g/mol. The zero-order chi connectivity index (χ0) is 9.84. The molecule has 0 aliphatic carbocycles. The second-order valence-electron chi connectivity index (χ2n) is 2.05. The molecule has 0 radical (unpaired) electrons. The number of nitrogens with zero attached hydrogens (tertiary/aromatic N) is 4. The van der Waals surface area contributed by atoms with Crippen molar-refractivity contribution in [3.63, 3.8) is 0 Å². The highest BCUT2D eigenvalue weighted by Gasteiger charge is 2.10. The minimum absolute atomic E-state index is 0.168. The molecule has 0 aromatic carbocycles. The van der Waals surface area contributed by atoms with E-state index in [-0.39, 0.29) is 11.3 Å². The Morgan fingerprint density at radius 1 is 1.08 bits per heavy atom. The van der Waals surface area contributed by atoms with Gasteiger partial charge in [-0.05, 0) is 6.07 Å². The zero-order valence-corrected chi connectivity index (χ0v) is 6.24. The van der Waals surface area contributed by atoms with Gasteiger partial charge >= 0.3 is 0 Å². The van der Waals surface area contributed by atoms with Crippen LogP contribution in [-0.4, -0.2) is 4.98 Å². The molecule has 0 aliphatic rings. The fourth-order valence-corrected chi connectivity index (χ4v) is 0.738. The molecule has 1 rings (SSSR count). The fourth-order valence-electron chi connectivity index (χ4n) is 0.738. The molecule has 0 spiro atoms. The molecule has 0 saturated heterocycles. The van der Waals surface area contributed by atoms with E-state index in [4.69, 9.17) is 15.8 Å². The van der Waals surface area contributed by atoms with E-state index in [2.05, 4.69) is 4.98 Å². The summed E-state index contributed by atoms with van der Waals surface area (Å²) >= 11 is 0. The standard InChI is InChI=1S/C8HFN4/c9-6-1-5(2-10)7(3-11)13-8(6)4-12/h1H. The summed E-state index contributed by atoms with van der Waals surface area (Å²) in [6, 6.07) is 5.50. The highest BCUT2D eigenvalue weighted by molar-refractivity contribution is 5.43. The van der Waals surface area contributed by atoms with E-state index in [1.54, 1.807) is 12.1 Å². The third-order valence-corrected chi connectivity index (χ3v) is 1.31. The monoisotopic (exact) mass is 172 g/mol. The van der Waals surface area contributed by atoms with Crippen molar-refractivity contribution in [3.05, 3.63) is 28.8 Å². The molecule has 0 amide bonds. The third-order valence-electron chi connectivity index (χ3n) is 1.31. The van der Waals surface area contributed by atoms with Gasteiger partial charge in [0.25, 0.3) is 0 Å². The van der Waals surface area contributed by atoms with Gasteiger partial charge in [0.1, 0.15) is 18.2 Å². The van der Waals surface area contributed by atoms with E-state index in [1.165, 1.54) is 6.07 Å². The van der Waals surface area contributed by atoms with Crippen molar-refractivity contribution >= 4 is 0 Å². The lowest BCUT2D eigenvalue weighted by atomic mass is 10.2. The number of rotatable bonds is 0. The lowest BCUT2D eigenvalue weighted by molar-refractivity contribution is 0.615. The molecular formula is C8HFN4. The minimum Gasteiger partial charge on any atom is -0.222 e. The first kappa shape index (κ1) is 8.64. The van der Waals surface area contributed by atoms with Gasteiger partial charge in [-0.1, -0.05) is 0 Å². The first-order valence-corrected chi connectivity index (χ1v) is 3.13. The predicted octanol–water partition coefficient (Wildman–Crippen LogP) is 0.836. The summed E-state index contributed by atoms with van der Waals surface area (Å²) in [5.74, 6) is -0.891. The number of nitriles is 3. The molecule has 13 heavy (non-hydrogen) atoms. The van der Waals surface area contributed by atoms with E-state index in [0.29, 0.717) is 0 Å². The molecule has 0 bridgehead atoms. The van der Waals surface area contributed by atoms with Gasteiger partial charge in [0, 0.05) is 0 Å². The largest absolute Gasteiger partial charge is 0.222 e. The number of hydrogen-bond donors (Lipinski definition) is 0. The number of aromatic nitrogens is 1. The van der Waals surface area contributed by atoms with Crippen LogP contribution in [0.1, 0.15) is 17.0 Å². The summed E-state index contributed by atoms with van der Waals surface area (Å²) in [5.41, 5.74) is -0.880. The Balaban J connectivity index is 3.51. The third kappa shape index (κ3) is 1.42. The molecule has 5 heteroatoms. The van der Waals surface area contributed by atoms with Crippen LogP contribution in [0.4, 0.5) is 4.39 Å². The van der Waals surface area contributed by atoms with Crippen LogP contribution >= 0.6 is 0 Å². The molecule has 0 aliphatic heterocycles. The van der Waals surface area contributed by atoms with Crippen molar-refractivity contribution < 1.29 is 4.39 Å². The summed E-state index contributed by atoms with van der Waals surface area (Å²) in [6.07, 6.45) is 0. The van der Waals surface area contributed by atoms with Crippen molar-refractivity contribution in [1.82, 2.24) is 4.98 Å². The van der Waals surface area contributed by atoms with Crippen LogP contribution in [-0.2, 0) is 0 Å². The summed E-state index contributed by atoms with van der Waals surface area (Å²) in [5, 5.41) is 25.3. The maximum absolute atomic E-state index is 12.8. The summed E-state index contributed by atoms with van der Waals surface area (Å²) in [7, 11) is 0. The van der Waals surface area contributed by atoms with Crippen molar-refractivity contribution in [2.45, 2.75) is 0 Å². The number of halogens is 1. The van der Waals surface area contributed by atoms with Crippen molar-refractivity contribution in [1.29, 1.82) is 15.8 Å². The van der Waals surface area contributed by atoms with Crippen LogP contribution in [0.2, 0.25) is 0 Å². The van der Waals surface area contributed by atoms with Crippen LogP contribution < -0.4 is 0 Å². The van der Waals surface area contributed by atoms with E-state index < -0.39 is 11.5 Å². The average Bonchev–Trinajstić information content (AvgIpc) is 2.17. The molecule has 4 nitrogen and oxygen atoms in total. The topological polar surface area (TPSA) is 84.3 Å². The average molecular weight is 172 g/mol. The van der Waals surface area contributed by atoms with Gasteiger partial charge < -0.3 is 0 Å². The van der Waals surface area contributed by atoms with Crippen LogP contribution in [0, 0.1) is 39.8 Å². The maximum atomic E-state index is 12.8. The molecule has 0 saturated carbocycles. The second-order valence-corrected chi connectivity index (χ2v) is 2.05. The first-order chi connectivity index (χ1) is 6.22. The van der Waals surface area contributed by atoms with Gasteiger partial charge in [0.05, 0.1) is 5.56 Å². The van der Waals surface area contributed by atoms with Crippen molar-refractivity contribution in [2.24, 2.45) is 0 Å². The lowest BCUT2D eigenvalue weighted by Crippen LogP contribution is -1.96. The van der Waals surface area contributed by atoms with Gasteiger partial charge in [-0.3, -0.25) is 0 Å².